The fourth-order valence-electron chi connectivity index (χ4n) is 1.68. The van der Waals surface area contributed by atoms with Crippen molar-refractivity contribution in [3.63, 3.8) is 0 Å². The lowest BCUT2D eigenvalue weighted by Gasteiger charge is -2.15. The minimum absolute atomic E-state index is 0.0632. The molecule has 0 aliphatic carbocycles. The topological polar surface area (TPSA) is 112 Å². The van der Waals surface area contributed by atoms with Gasteiger partial charge in [0, 0.05) is 12.3 Å². The highest BCUT2D eigenvalue weighted by molar-refractivity contribution is 6.44. The number of amides is 1. The summed E-state index contributed by atoms with van der Waals surface area (Å²) in [6.45, 7) is 1.89. The summed E-state index contributed by atoms with van der Waals surface area (Å²) in [5.41, 5.74) is 11.9. The molecule has 7 nitrogen and oxygen atoms in total. The van der Waals surface area contributed by atoms with E-state index in [2.05, 4.69) is 10.3 Å². The zero-order chi connectivity index (χ0) is 17.0. The number of nitrogens with zero attached hydrogens (tertiary/aromatic N) is 1. The van der Waals surface area contributed by atoms with Crippen molar-refractivity contribution < 1.29 is 14.3 Å². The van der Waals surface area contributed by atoms with Crippen LogP contribution in [-0.4, -0.2) is 17.7 Å². The van der Waals surface area contributed by atoms with E-state index in [9.17, 15) is 4.79 Å². The predicted octanol–water partition coefficient (Wildman–Crippen LogP) is 3.91. The molecule has 1 heterocycles. The van der Waals surface area contributed by atoms with Crippen molar-refractivity contribution in [3.05, 3.63) is 34.4 Å². The van der Waals surface area contributed by atoms with Crippen LogP contribution in [0.15, 0.2) is 24.4 Å². The second-order valence-corrected chi connectivity index (χ2v) is 5.05. The first-order valence-electron chi connectivity index (χ1n) is 6.53. The normalized spacial score (nSPS) is 10.2. The molecule has 0 radical (unpaired) electrons. The number of nitrogen functional groups attached to an aromatic ring is 2. The van der Waals surface area contributed by atoms with Gasteiger partial charge in [0.05, 0.1) is 17.3 Å². The van der Waals surface area contributed by atoms with Crippen LogP contribution in [0, 0.1) is 0 Å². The van der Waals surface area contributed by atoms with E-state index in [0.717, 1.165) is 0 Å². The van der Waals surface area contributed by atoms with E-state index >= 15 is 0 Å². The number of hydrogen-bond acceptors (Lipinski definition) is 6. The van der Waals surface area contributed by atoms with Crippen LogP contribution in [0.5, 0.6) is 11.5 Å². The highest BCUT2D eigenvalue weighted by atomic mass is 35.5. The zero-order valence-corrected chi connectivity index (χ0v) is 13.6. The van der Waals surface area contributed by atoms with Gasteiger partial charge in [0.25, 0.3) is 0 Å². The van der Waals surface area contributed by atoms with Gasteiger partial charge < -0.3 is 20.9 Å². The minimum Gasteiger partial charge on any atom is -0.453 e. The Morgan fingerprint density at radius 1 is 1.22 bits per heavy atom. The van der Waals surface area contributed by atoms with Gasteiger partial charge in [-0.05, 0) is 19.1 Å². The maximum atomic E-state index is 11.6. The molecule has 1 amide bonds. The largest absolute Gasteiger partial charge is 0.453 e. The Morgan fingerprint density at radius 2 is 1.96 bits per heavy atom. The number of nitrogens with two attached hydrogens (primary N) is 2. The standard InChI is InChI=1S/C14H14Cl2N4O3/c1-2-22-14(21)20-12-9(5-6-19-13(12)18)23-8-4-3-7(17)10(15)11(8)16/h3-6H,2,17H2,1H3,(H2,18,19)(H,20,21). The molecule has 0 bridgehead atoms. The van der Waals surface area contributed by atoms with Gasteiger partial charge in [0.15, 0.2) is 11.6 Å². The molecular weight excluding hydrogens is 343 g/mol. The molecule has 1 aromatic carbocycles. The lowest BCUT2D eigenvalue weighted by molar-refractivity contribution is 0.168. The van der Waals surface area contributed by atoms with Crippen molar-refractivity contribution in [1.29, 1.82) is 0 Å². The SMILES string of the molecule is CCOC(=O)Nc1c(Oc2ccc(N)c(Cl)c2Cl)ccnc1N. The number of hydrogen-bond donors (Lipinski definition) is 3. The first-order valence-corrected chi connectivity index (χ1v) is 7.29. The third kappa shape index (κ3) is 3.88. The number of pyridine rings is 1. The molecule has 0 atom stereocenters. The third-order valence-corrected chi connectivity index (χ3v) is 3.62. The summed E-state index contributed by atoms with van der Waals surface area (Å²) in [5.74, 6) is 0.546. The van der Waals surface area contributed by atoms with E-state index in [4.69, 9.17) is 44.1 Å². The Morgan fingerprint density at radius 3 is 2.65 bits per heavy atom. The number of rotatable bonds is 4. The van der Waals surface area contributed by atoms with Crippen LogP contribution in [0.2, 0.25) is 10.0 Å². The molecule has 9 heteroatoms. The summed E-state index contributed by atoms with van der Waals surface area (Å²) in [5, 5.41) is 2.79. The molecule has 0 saturated carbocycles. The number of nitrogens with one attached hydrogen (secondary N) is 1. The van der Waals surface area contributed by atoms with Crippen LogP contribution >= 0.6 is 23.2 Å². The minimum atomic E-state index is -0.682. The number of halogens is 2. The van der Waals surface area contributed by atoms with E-state index in [1.54, 1.807) is 19.1 Å². The number of aromatic nitrogens is 1. The Labute approximate surface area is 142 Å². The molecule has 0 aliphatic rings. The van der Waals surface area contributed by atoms with Gasteiger partial charge in [-0.25, -0.2) is 9.78 Å². The molecule has 0 saturated heterocycles. The first kappa shape index (κ1) is 17.0. The van der Waals surface area contributed by atoms with Crippen molar-refractivity contribution in [1.82, 2.24) is 4.98 Å². The highest BCUT2D eigenvalue weighted by Crippen LogP contribution is 2.40. The number of anilines is 3. The van der Waals surface area contributed by atoms with Gasteiger partial charge in [0.1, 0.15) is 16.5 Å². The summed E-state index contributed by atoms with van der Waals surface area (Å²) in [6.07, 6.45) is 0.742. The van der Waals surface area contributed by atoms with Gasteiger partial charge >= 0.3 is 6.09 Å². The van der Waals surface area contributed by atoms with Gasteiger partial charge in [-0.2, -0.15) is 0 Å². The summed E-state index contributed by atoms with van der Waals surface area (Å²) < 4.78 is 10.5. The van der Waals surface area contributed by atoms with Crippen LogP contribution in [0.1, 0.15) is 6.92 Å². The second kappa shape index (κ2) is 7.26. The van der Waals surface area contributed by atoms with E-state index in [-0.39, 0.29) is 39.7 Å². The van der Waals surface area contributed by atoms with E-state index in [0.29, 0.717) is 5.69 Å². The van der Waals surface area contributed by atoms with Crippen molar-refractivity contribution >= 4 is 46.5 Å². The molecule has 0 fully saturated rings. The summed E-state index contributed by atoms with van der Waals surface area (Å²) in [6, 6.07) is 4.61. The molecule has 0 aliphatic heterocycles. The fourth-order valence-corrected chi connectivity index (χ4v) is 2.05. The van der Waals surface area contributed by atoms with Gasteiger partial charge in [-0.1, -0.05) is 23.2 Å². The smallest absolute Gasteiger partial charge is 0.411 e. The molecule has 122 valence electrons. The van der Waals surface area contributed by atoms with Crippen LogP contribution < -0.4 is 21.5 Å². The quantitative estimate of drug-likeness (QED) is 0.715. The molecular formula is C14H14Cl2N4O3. The highest BCUT2D eigenvalue weighted by Gasteiger charge is 2.16. The van der Waals surface area contributed by atoms with Gasteiger partial charge in [-0.15, -0.1) is 0 Å². The Bertz CT molecular complexity index is 740. The second-order valence-electron chi connectivity index (χ2n) is 4.30. The predicted molar refractivity (Wildman–Crippen MR) is 90.2 cm³/mol. The van der Waals surface area contributed by atoms with Gasteiger partial charge in [0.2, 0.25) is 0 Å². The van der Waals surface area contributed by atoms with Crippen LogP contribution in [0.3, 0.4) is 0 Å². The van der Waals surface area contributed by atoms with Crippen molar-refractivity contribution in [3.8, 4) is 11.5 Å². The van der Waals surface area contributed by atoms with Crippen molar-refractivity contribution in [2.75, 3.05) is 23.4 Å². The number of carbonyl (C=O) groups excluding carboxylic acids is 1. The summed E-state index contributed by atoms with van der Waals surface area (Å²) in [4.78, 5) is 15.5. The Kier molecular flexibility index (Phi) is 5.36. The molecule has 1 aromatic heterocycles. The molecule has 2 rings (SSSR count). The molecule has 0 spiro atoms. The monoisotopic (exact) mass is 356 g/mol. The number of benzene rings is 1. The molecule has 23 heavy (non-hydrogen) atoms. The van der Waals surface area contributed by atoms with Crippen LogP contribution in [0.25, 0.3) is 0 Å². The lowest BCUT2D eigenvalue weighted by Crippen LogP contribution is -2.15. The van der Waals surface area contributed by atoms with Crippen LogP contribution in [-0.2, 0) is 4.74 Å². The van der Waals surface area contributed by atoms with Crippen LogP contribution in [0.4, 0.5) is 22.0 Å². The van der Waals surface area contributed by atoms with E-state index < -0.39 is 6.09 Å². The fraction of sp³-hybridized carbons (Fsp3) is 0.143. The first-order chi connectivity index (χ1) is 10.9. The third-order valence-electron chi connectivity index (χ3n) is 2.74. The maximum Gasteiger partial charge on any atom is 0.411 e. The van der Waals surface area contributed by atoms with E-state index in [1.165, 1.54) is 12.3 Å². The lowest BCUT2D eigenvalue weighted by atomic mass is 10.3. The maximum absolute atomic E-state index is 11.6. The van der Waals surface area contributed by atoms with Crippen molar-refractivity contribution in [2.24, 2.45) is 0 Å². The van der Waals surface area contributed by atoms with E-state index in [1.807, 2.05) is 0 Å². The Balaban J connectivity index is 2.35. The average molecular weight is 357 g/mol. The number of carbonyl (C=O) groups is 1. The average Bonchev–Trinajstić information content (AvgIpc) is 2.51. The number of ether oxygens (including phenoxy) is 2. The summed E-state index contributed by atoms with van der Waals surface area (Å²) >= 11 is 12.1. The van der Waals surface area contributed by atoms with Crippen molar-refractivity contribution in [2.45, 2.75) is 6.92 Å². The Hall–Kier alpha value is -2.38. The zero-order valence-electron chi connectivity index (χ0n) is 12.1. The summed E-state index contributed by atoms with van der Waals surface area (Å²) in [7, 11) is 0. The molecule has 2 aromatic rings. The molecule has 0 unspecified atom stereocenters. The molecule has 5 N–H and O–H groups in total. The van der Waals surface area contributed by atoms with Gasteiger partial charge in [-0.3, -0.25) is 5.32 Å².